The lowest BCUT2D eigenvalue weighted by atomic mass is 9.80. The molecule has 0 unspecified atom stereocenters. The van der Waals surface area contributed by atoms with Gasteiger partial charge in [0.05, 0.1) is 31.6 Å². The first-order valence-corrected chi connectivity index (χ1v) is 16.0. The minimum Gasteiger partial charge on any atom is -0.497 e. The smallest absolute Gasteiger partial charge is 0.460 e. The standard InChI is InChI=1S/C30H26ClF17N2O6/c1-4-49-19(52)16-17(20(49)53)22(2,50(15(51)12-31)18(16)13-6-8-14(55-3)9-7-13)21(54)56-11-5-10-23(32,33)24(34,35)25(36,37)26(38,39)27(40,41)28(42,43)29(44,45)30(46,47)48/h6-9,16-18H,4-5,10-12H2,1-3H3/t16-,17-,18-,22-/m1/s1. The Kier molecular flexibility index (Phi) is 12.1. The van der Waals surface area contributed by atoms with Gasteiger partial charge >= 0.3 is 53.6 Å². The summed E-state index contributed by atoms with van der Waals surface area (Å²) in [5.74, 6) is -66.6. The number of rotatable bonds is 15. The molecular weight excluding hydrogens is 843 g/mol. The van der Waals surface area contributed by atoms with E-state index in [-0.39, 0.29) is 17.9 Å². The predicted octanol–water partition coefficient (Wildman–Crippen LogP) is 7.53. The number of halogens is 18. The zero-order chi connectivity index (χ0) is 43.6. The minimum absolute atomic E-state index is 0.0972. The van der Waals surface area contributed by atoms with Gasteiger partial charge in [0.2, 0.25) is 17.7 Å². The number of benzene rings is 1. The van der Waals surface area contributed by atoms with Crippen molar-refractivity contribution in [3.63, 3.8) is 0 Å². The Labute approximate surface area is 308 Å². The van der Waals surface area contributed by atoms with Crippen LogP contribution in [0, 0.1) is 11.8 Å². The number of likely N-dealkylation sites (tertiary alicyclic amines) is 2. The maximum absolute atomic E-state index is 14.5. The summed E-state index contributed by atoms with van der Waals surface area (Å²) in [5, 5.41) is 0. The number of alkyl halides is 18. The summed E-state index contributed by atoms with van der Waals surface area (Å²) in [6.07, 6.45) is -12.6. The van der Waals surface area contributed by atoms with Crippen LogP contribution in [-0.4, -0.2) is 113 Å². The molecule has 56 heavy (non-hydrogen) atoms. The van der Waals surface area contributed by atoms with Gasteiger partial charge in [-0.05, 0) is 38.0 Å². The number of ether oxygens (including phenoxy) is 2. The molecule has 1 aromatic carbocycles. The summed E-state index contributed by atoms with van der Waals surface area (Å²) in [6.45, 7) is 0.280. The molecule has 4 atom stereocenters. The summed E-state index contributed by atoms with van der Waals surface area (Å²) < 4.78 is 241. The second kappa shape index (κ2) is 14.5. The fourth-order valence-electron chi connectivity index (χ4n) is 6.39. The van der Waals surface area contributed by atoms with Gasteiger partial charge < -0.3 is 14.4 Å². The van der Waals surface area contributed by atoms with Gasteiger partial charge in [-0.25, -0.2) is 4.79 Å². The number of imide groups is 1. The molecule has 8 nitrogen and oxygen atoms in total. The fraction of sp³-hybridized carbons (Fsp3) is 0.667. The normalized spacial score (nSPS) is 23.1. The molecule has 2 aliphatic heterocycles. The number of hydrogen-bond donors (Lipinski definition) is 0. The minimum atomic E-state index is -8.78. The van der Waals surface area contributed by atoms with Gasteiger partial charge in [0.15, 0.2) is 5.54 Å². The van der Waals surface area contributed by atoms with Crippen LogP contribution in [0.5, 0.6) is 5.75 Å². The first-order valence-electron chi connectivity index (χ1n) is 15.4. The van der Waals surface area contributed by atoms with Crippen LogP contribution >= 0.6 is 11.6 Å². The molecule has 2 heterocycles. The quantitative estimate of drug-likeness (QED) is 0.0596. The van der Waals surface area contributed by atoms with Crippen molar-refractivity contribution in [2.75, 3.05) is 26.1 Å². The molecule has 0 spiro atoms. The highest BCUT2D eigenvalue weighted by Crippen LogP contribution is 2.64. The van der Waals surface area contributed by atoms with Crippen LogP contribution in [0.15, 0.2) is 24.3 Å². The fourth-order valence-corrected chi connectivity index (χ4v) is 6.52. The number of hydrogen-bond acceptors (Lipinski definition) is 6. The maximum atomic E-state index is 14.5. The Hall–Kier alpha value is -3.80. The average molecular weight is 869 g/mol. The zero-order valence-corrected chi connectivity index (χ0v) is 29.0. The molecule has 0 saturated carbocycles. The maximum Gasteiger partial charge on any atom is 0.460 e. The lowest BCUT2D eigenvalue weighted by Gasteiger charge is -2.42. The van der Waals surface area contributed by atoms with E-state index < -0.39 is 120 Å². The van der Waals surface area contributed by atoms with Crippen LogP contribution in [0.1, 0.15) is 38.3 Å². The van der Waals surface area contributed by atoms with E-state index in [0.29, 0.717) is 9.80 Å². The third-order valence-electron chi connectivity index (χ3n) is 9.39. The van der Waals surface area contributed by atoms with Crippen molar-refractivity contribution in [1.29, 1.82) is 0 Å². The van der Waals surface area contributed by atoms with Crippen molar-refractivity contribution >= 4 is 35.3 Å². The molecule has 0 aromatic heterocycles. The van der Waals surface area contributed by atoms with Crippen LogP contribution in [0.4, 0.5) is 74.6 Å². The van der Waals surface area contributed by atoms with E-state index in [2.05, 4.69) is 0 Å². The average Bonchev–Trinajstić information content (AvgIpc) is 3.52. The van der Waals surface area contributed by atoms with Gasteiger partial charge in [-0.15, -0.1) is 11.6 Å². The summed E-state index contributed by atoms with van der Waals surface area (Å²) >= 11 is 5.75. The Morgan fingerprint density at radius 3 is 1.64 bits per heavy atom. The lowest BCUT2D eigenvalue weighted by Crippen LogP contribution is -2.74. The molecule has 318 valence electrons. The van der Waals surface area contributed by atoms with Crippen LogP contribution in [0.3, 0.4) is 0 Å². The van der Waals surface area contributed by atoms with E-state index in [1.807, 2.05) is 0 Å². The molecule has 0 aliphatic carbocycles. The first-order chi connectivity index (χ1) is 25.2. The molecule has 0 N–H and O–H groups in total. The molecule has 1 aromatic rings. The van der Waals surface area contributed by atoms with Crippen molar-refractivity contribution in [3.05, 3.63) is 29.8 Å². The Bertz CT molecular complexity index is 1690. The lowest BCUT2D eigenvalue weighted by molar-refractivity contribution is -0.461. The number of fused-ring (bicyclic) bond motifs is 1. The van der Waals surface area contributed by atoms with Gasteiger partial charge in [0.1, 0.15) is 11.6 Å². The first kappa shape index (κ1) is 46.6. The zero-order valence-electron chi connectivity index (χ0n) is 28.2. The van der Waals surface area contributed by atoms with Gasteiger partial charge in [-0.3, -0.25) is 19.3 Å². The van der Waals surface area contributed by atoms with Crippen molar-refractivity contribution in [2.24, 2.45) is 11.8 Å². The van der Waals surface area contributed by atoms with Gasteiger partial charge in [0, 0.05) is 13.0 Å². The van der Waals surface area contributed by atoms with E-state index in [4.69, 9.17) is 21.1 Å². The number of methoxy groups -OCH3 is 1. The Morgan fingerprint density at radius 1 is 0.750 bits per heavy atom. The monoisotopic (exact) mass is 868 g/mol. The van der Waals surface area contributed by atoms with Crippen molar-refractivity contribution in [1.82, 2.24) is 9.80 Å². The third kappa shape index (κ3) is 6.46. The van der Waals surface area contributed by atoms with Gasteiger partial charge in [0.25, 0.3) is 0 Å². The largest absolute Gasteiger partial charge is 0.497 e. The molecule has 0 radical (unpaired) electrons. The van der Waals surface area contributed by atoms with Crippen molar-refractivity contribution in [2.45, 2.75) is 85.9 Å². The summed E-state index contributed by atoms with van der Waals surface area (Å²) in [5.41, 5.74) is -2.51. The molecule has 3 rings (SSSR count). The Balaban J connectivity index is 1.93. The molecule has 2 aliphatic rings. The summed E-state index contributed by atoms with van der Waals surface area (Å²) in [4.78, 5) is 55.1. The second-order valence-corrected chi connectivity index (χ2v) is 12.8. The van der Waals surface area contributed by atoms with Crippen LogP contribution < -0.4 is 4.74 Å². The molecule has 3 amide bonds. The topological polar surface area (TPSA) is 93.2 Å². The molecule has 0 bridgehead atoms. The second-order valence-electron chi connectivity index (χ2n) is 12.6. The molecule has 2 fully saturated rings. The number of esters is 1. The van der Waals surface area contributed by atoms with E-state index in [9.17, 15) is 93.8 Å². The van der Waals surface area contributed by atoms with Crippen LogP contribution in [-0.2, 0) is 23.9 Å². The van der Waals surface area contributed by atoms with Gasteiger partial charge in [-0.1, -0.05) is 12.1 Å². The highest BCUT2D eigenvalue weighted by Gasteiger charge is 2.95. The van der Waals surface area contributed by atoms with E-state index in [1.165, 1.54) is 38.3 Å². The molecular formula is C30H26ClF17N2O6. The van der Waals surface area contributed by atoms with E-state index >= 15 is 0 Å². The van der Waals surface area contributed by atoms with E-state index in [0.717, 1.165) is 6.92 Å². The number of nitrogens with zero attached hydrogens (tertiary/aromatic N) is 2. The number of carbonyl (C=O) groups excluding carboxylic acids is 4. The van der Waals surface area contributed by atoms with Crippen LogP contribution in [0.25, 0.3) is 0 Å². The SMILES string of the molecule is CCN1C(=O)[C@H]2[C@@H](c3ccc(OC)cc3)N(C(=O)CCl)[C@@](C)(C(=O)OCCCC(F)(F)C(F)(F)C(F)(F)C(F)(F)C(F)(F)C(F)(F)C(F)(F)C(F)(F)F)[C@H]2C1=O. The summed E-state index contributed by atoms with van der Waals surface area (Å²) in [6, 6.07) is 3.84. The number of amides is 3. The number of carbonyl (C=O) groups is 4. The van der Waals surface area contributed by atoms with Crippen molar-refractivity contribution in [3.8, 4) is 5.75 Å². The van der Waals surface area contributed by atoms with E-state index in [1.54, 1.807) is 0 Å². The molecule has 26 heteroatoms. The third-order valence-corrected chi connectivity index (χ3v) is 9.62. The van der Waals surface area contributed by atoms with Crippen molar-refractivity contribution < 1.29 is 103 Å². The Morgan fingerprint density at radius 2 is 1.21 bits per heavy atom. The molecule has 2 saturated heterocycles. The predicted molar refractivity (Wildman–Crippen MR) is 152 cm³/mol. The van der Waals surface area contributed by atoms with Gasteiger partial charge in [-0.2, -0.15) is 74.6 Å². The highest BCUT2D eigenvalue weighted by molar-refractivity contribution is 6.27. The van der Waals surface area contributed by atoms with Crippen LogP contribution in [0.2, 0.25) is 0 Å². The highest BCUT2D eigenvalue weighted by atomic mass is 35.5. The summed E-state index contributed by atoms with van der Waals surface area (Å²) in [7, 11) is 1.28.